The minimum Gasteiger partial charge on any atom is -0.321 e. The molecular weight excluding hydrogens is 346 g/mol. The van der Waals surface area contributed by atoms with Crippen molar-refractivity contribution >= 4 is 27.3 Å². The van der Waals surface area contributed by atoms with E-state index >= 15 is 0 Å². The molecule has 25 heavy (non-hydrogen) atoms. The molecule has 0 aliphatic carbocycles. The van der Waals surface area contributed by atoms with Gasteiger partial charge in [0.05, 0.1) is 9.82 Å². The average molecular weight is 363 g/mol. The Morgan fingerprint density at radius 3 is 2.40 bits per heavy atom. The maximum absolute atomic E-state index is 12.4. The van der Waals surface area contributed by atoms with Crippen LogP contribution in [0.4, 0.5) is 11.4 Å². The van der Waals surface area contributed by atoms with Crippen LogP contribution in [0.1, 0.15) is 15.9 Å². The molecule has 0 saturated carbocycles. The summed E-state index contributed by atoms with van der Waals surface area (Å²) in [6.07, 6.45) is 0. The largest absolute Gasteiger partial charge is 0.321 e. The van der Waals surface area contributed by atoms with Gasteiger partial charge in [-0.05, 0) is 30.7 Å². The van der Waals surface area contributed by atoms with Crippen LogP contribution in [0, 0.1) is 17.0 Å². The molecule has 0 aliphatic heterocycles. The fourth-order valence-electron chi connectivity index (χ4n) is 2.12. The molecule has 0 atom stereocenters. The Labute approximate surface area is 145 Å². The van der Waals surface area contributed by atoms with E-state index in [2.05, 4.69) is 5.32 Å². The molecule has 0 unspecified atom stereocenters. The first-order valence-corrected chi connectivity index (χ1v) is 8.66. The number of aryl methyl sites for hydroxylation is 1. The third-order valence-corrected chi connectivity index (χ3v) is 5.39. The molecule has 0 spiro atoms. The second-order valence-electron chi connectivity index (χ2n) is 5.49. The summed E-state index contributed by atoms with van der Waals surface area (Å²) in [6, 6.07) is 9.87. The fraction of sp³-hybridized carbons (Fsp3) is 0.188. The summed E-state index contributed by atoms with van der Waals surface area (Å²) >= 11 is 0. The molecule has 2 rings (SSSR count). The van der Waals surface area contributed by atoms with Crippen LogP contribution in [-0.2, 0) is 10.0 Å². The van der Waals surface area contributed by atoms with Crippen molar-refractivity contribution in [3.8, 4) is 0 Å². The Bertz CT molecular complexity index is 939. The van der Waals surface area contributed by atoms with Gasteiger partial charge in [0, 0.05) is 25.8 Å². The number of rotatable bonds is 5. The van der Waals surface area contributed by atoms with Crippen molar-refractivity contribution < 1.29 is 18.1 Å². The maximum atomic E-state index is 12.4. The van der Waals surface area contributed by atoms with E-state index < -0.39 is 20.9 Å². The van der Waals surface area contributed by atoms with Crippen LogP contribution in [-0.4, -0.2) is 37.6 Å². The molecule has 1 amide bonds. The lowest BCUT2D eigenvalue weighted by molar-refractivity contribution is -0.385. The number of benzene rings is 2. The molecule has 2 aromatic carbocycles. The number of nitro groups is 1. The summed E-state index contributed by atoms with van der Waals surface area (Å²) in [7, 11) is -0.857. The molecule has 0 aromatic heterocycles. The molecule has 9 heteroatoms. The minimum atomic E-state index is -3.66. The molecule has 0 bridgehead atoms. The van der Waals surface area contributed by atoms with E-state index in [0.29, 0.717) is 5.56 Å². The van der Waals surface area contributed by atoms with E-state index in [4.69, 9.17) is 0 Å². The SMILES string of the molecule is Cc1ccc(S(=O)(=O)N(C)C)cc1NC(=O)c1ccccc1[N+](=O)[O-]. The predicted molar refractivity (Wildman–Crippen MR) is 93.1 cm³/mol. The number of hydrogen-bond acceptors (Lipinski definition) is 5. The topological polar surface area (TPSA) is 110 Å². The van der Waals surface area contributed by atoms with Crippen LogP contribution < -0.4 is 5.32 Å². The summed E-state index contributed by atoms with van der Waals surface area (Å²) in [4.78, 5) is 22.8. The lowest BCUT2D eigenvalue weighted by atomic mass is 10.1. The molecule has 2 aromatic rings. The van der Waals surface area contributed by atoms with Gasteiger partial charge in [0.15, 0.2) is 0 Å². The maximum Gasteiger partial charge on any atom is 0.282 e. The normalized spacial score (nSPS) is 11.4. The van der Waals surface area contributed by atoms with Crippen LogP contribution in [0.25, 0.3) is 0 Å². The van der Waals surface area contributed by atoms with Gasteiger partial charge in [0.2, 0.25) is 10.0 Å². The highest BCUT2D eigenvalue weighted by Gasteiger charge is 2.22. The summed E-state index contributed by atoms with van der Waals surface area (Å²) in [5, 5.41) is 13.6. The van der Waals surface area contributed by atoms with E-state index in [-0.39, 0.29) is 21.8 Å². The van der Waals surface area contributed by atoms with Gasteiger partial charge in [0.1, 0.15) is 5.56 Å². The van der Waals surface area contributed by atoms with Crippen LogP contribution >= 0.6 is 0 Å². The third-order valence-electron chi connectivity index (χ3n) is 3.58. The van der Waals surface area contributed by atoms with E-state index in [1.807, 2.05) is 0 Å². The number of amides is 1. The van der Waals surface area contributed by atoms with Crippen molar-refractivity contribution in [1.82, 2.24) is 4.31 Å². The molecule has 132 valence electrons. The van der Waals surface area contributed by atoms with E-state index in [1.54, 1.807) is 13.0 Å². The van der Waals surface area contributed by atoms with Crippen molar-refractivity contribution in [3.05, 3.63) is 63.7 Å². The summed E-state index contributed by atoms with van der Waals surface area (Å²) in [6.45, 7) is 1.70. The Balaban J connectivity index is 2.41. The van der Waals surface area contributed by atoms with E-state index in [9.17, 15) is 23.3 Å². The van der Waals surface area contributed by atoms with Gasteiger partial charge < -0.3 is 5.32 Å². The first-order chi connectivity index (χ1) is 11.6. The first-order valence-electron chi connectivity index (χ1n) is 7.22. The highest BCUT2D eigenvalue weighted by molar-refractivity contribution is 7.89. The highest BCUT2D eigenvalue weighted by Crippen LogP contribution is 2.24. The van der Waals surface area contributed by atoms with Crippen molar-refractivity contribution in [2.75, 3.05) is 19.4 Å². The Morgan fingerprint density at radius 2 is 1.80 bits per heavy atom. The van der Waals surface area contributed by atoms with Gasteiger partial charge in [-0.25, -0.2) is 12.7 Å². The smallest absolute Gasteiger partial charge is 0.282 e. The number of nitrogens with zero attached hydrogens (tertiary/aromatic N) is 2. The second kappa shape index (κ2) is 6.99. The van der Waals surface area contributed by atoms with Gasteiger partial charge in [-0.3, -0.25) is 14.9 Å². The van der Waals surface area contributed by atoms with Crippen molar-refractivity contribution in [2.24, 2.45) is 0 Å². The van der Waals surface area contributed by atoms with Gasteiger partial charge in [0.25, 0.3) is 11.6 Å². The number of sulfonamides is 1. The monoisotopic (exact) mass is 363 g/mol. The molecule has 8 nitrogen and oxygen atoms in total. The third kappa shape index (κ3) is 3.83. The van der Waals surface area contributed by atoms with E-state index in [1.165, 1.54) is 50.5 Å². The summed E-state index contributed by atoms with van der Waals surface area (Å²) in [5.74, 6) is -0.685. The van der Waals surface area contributed by atoms with Gasteiger partial charge >= 0.3 is 0 Å². The summed E-state index contributed by atoms with van der Waals surface area (Å²) in [5.41, 5.74) is 0.471. The van der Waals surface area contributed by atoms with Crippen LogP contribution in [0.3, 0.4) is 0 Å². The molecule has 0 saturated heterocycles. The number of carbonyl (C=O) groups excluding carboxylic acids is 1. The minimum absolute atomic E-state index is 0.0148. The zero-order valence-electron chi connectivity index (χ0n) is 13.9. The predicted octanol–water partition coefficient (Wildman–Crippen LogP) is 2.41. The van der Waals surface area contributed by atoms with Crippen LogP contribution in [0.2, 0.25) is 0 Å². The van der Waals surface area contributed by atoms with Crippen molar-refractivity contribution in [2.45, 2.75) is 11.8 Å². The van der Waals surface area contributed by atoms with Crippen LogP contribution in [0.5, 0.6) is 0 Å². The molecule has 0 aliphatic rings. The van der Waals surface area contributed by atoms with Crippen molar-refractivity contribution in [3.63, 3.8) is 0 Å². The molecule has 0 radical (unpaired) electrons. The zero-order chi connectivity index (χ0) is 18.8. The molecule has 1 N–H and O–H groups in total. The number of para-hydroxylation sites is 1. The first kappa shape index (κ1) is 18.6. The summed E-state index contributed by atoms with van der Waals surface area (Å²) < 4.78 is 25.5. The lowest BCUT2D eigenvalue weighted by Crippen LogP contribution is -2.22. The van der Waals surface area contributed by atoms with Gasteiger partial charge in [-0.1, -0.05) is 18.2 Å². The Morgan fingerprint density at radius 1 is 1.16 bits per heavy atom. The standard InChI is InChI=1S/C16H17N3O5S/c1-11-8-9-12(25(23,24)18(2)3)10-14(11)17-16(20)13-6-4-5-7-15(13)19(21)22/h4-10H,1-3H3,(H,17,20). The van der Waals surface area contributed by atoms with E-state index in [0.717, 1.165) is 4.31 Å². The Kier molecular flexibility index (Phi) is 5.19. The zero-order valence-corrected chi connectivity index (χ0v) is 14.7. The second-order valence-corrected chi connectivity index (χ2v) is 7.64. The van der Waals surface area contributed by atoms with Gasteiger partial charge in [-0.15, -0.1) is 0 Å². The number of nitrogens with one attached hydrogen (secondary N) is 1. The lowest BCUT2D eigenvalue weighted by Gasteiger charge is -2.14. The highest BCUT2D eigenvalue weighted by atomic mass is 32.2. The molecule has 0 heterocycles. The average Bonchev–Trinajstić information content (AvgIpc) is 2.56. The van der Waals surface area contributed by atoms with Crippen LogP contribution in [0.15, 0.2) is 47.4 Å². The fourth-order valence-corrected chi connectivity index (χ4v) is 3.05. The molecular formula is C16H17N3O5S. The number of anilines is 1. The van der Waals surface area contributed by atoms with Crippen molar-refractivity contribution in [1.29, 1.82) is 0 Å². The quantitative estimate of drug-likeness (QED) is 0.648. The molecule has 0 fully saturated rings. The number of hydrogen-bond donors (Lipinski definition) is 1. The number of nitro benzene ring substituents is 1. The van der Waals surface area contributed by atoms with Gasteiger partial charge in [-0.2, -0.15) is 0 Å². The number of carbonyl (C=O) groups is 1. The Hall–Kier alpha value is -2.78.